The van der Waals surface area contributed by atoms with Gasteiger partial charge in [-0.1, -0.05) is 88.4 Å². The van der Waals surface area contributed by atoms with E-state index in [1.807, 2.05) is 72.8 Å². The van der Waals surface area contributed by atoms with Crippen LogP contribution in [0.2, 0.25) is 0 Å². The van der Waals surface area contributed by atoms with Crippen molar-refractivity contribution < 1.29 is 9.59 Å². The molecule has 42 heavy (non-hydrogen) atoms. The lowest BCUT2D eigenvalue weighted by molar-refractivity contribution is -0.117. The van der Waals surface area contributed by atoms with Crippen LogP contribution in [0.3, 0.4) is 0 Å². The molecule has 0 radical (unpaired) electrons. The van der Waals surface area contributed by atoms with Crippen LogP contribution in [-0.2, 0) is 9.59 Å². The van der Waals surface area contributed by atoms with E-state index < -0.39 is 0 Å². The average Bonchev–Trinajstić information content (AvgIpc) is 3.58. The number of H-pyrrole nitrogens is 2. The van der Waals surface area contributed by atoms with Crippen molar-refractivity contribution in [3.05, 3.63) is 96.3 Å². The second-order valence-corrected chi connectivity index (χ2v) is 12.6. The number of hydrogen-bond donors (Lipinski definition) is 4. The summed E-state index contributed by atoms with van der Waals surface area (Å²) in [6.07, 6.45) is 6.31. The summed E-state index contributed by atoms with van der Waals surface area (Å²) >= 11 is 0. The van der Waals surface area contributed by atoms with Gasteiger partial charge in [0.2, 0.25) is 0 Å². The first kappa shape index (κ1) is 28.8. The molecule has 2 aliphatic carbocycles. The van der Waals surface area contributed by atoms with Gasteiger partial charge in [-0.2, -0.15) is 10.2 Å². The summed E-state index contributed by atoms with van der Waals surface area (Å²) in [7, 11) is 0. The number of nitrogens with zero attached hydrogens (tertiary/aromatic N) is 2. The fourth-order valence-electron chi connectivity index (χ4n) is 5.48. The summed E-state index contributed by atoms with van der Waals surface area (Å²) in [4.78, 5) is 23.5. The Kier molecular flexibility index (Phi) is 8.24. The summed E-state index contributed by atoms with van der Waals surface area (Å²) in [5.74, 6) is 1.83. The number of allylic oxidation sites excluding steroid dienone is 4. The third kappa shape index (κ3) is 7.72. The first-order valence-corrected chi connectivity index (χ1v) is 14.3. The number of aromatic amines is 2. The lowest BCUT2D eigenvalue weighted by Gasteiger charge is -2.28. The van der Waals surface area contributed by atoms with Gasteiger partial charge >= 0.3 is 0 Å². The predicted octanol–water partition coefficient (Wildman–Crippen LogP) is 7.52. The highest BCUT2D eigenvalue weighted by molar-refractivity contribution is 5.93. The van der Waals surface area contributed by atoms with Gasteiger partial charge in [-0.15, -0.1) is 0 Å². The van der Waals surface area contributed by atoms with Crippen LogP contribution < -0.4 is 10.6 Å². The molecule has 0 atom stereocenters. The molecule has 0 amide bonds. The van der Waals surface area contributed by atoms with E-state index in [0.29, 0.717) is 12.8 Å². The number of anilines is 2. The maximum absolute atomic E-state index is 11.8. The average molecular weight is 563 g/mol. The molecule has 2 aromatic heterocycles. The number of hydrogen-bond acceptors (Lipinski definition) is 6. The Labute approximate surface area is 246 Å². The Hall–Kier alpha value is -4.72. The van der Waals surface area contributed by atoms with Gasteiger partial charge in [0.15, 0.2) is 23.2 Å². The number of aromatic nitrogens is 4. The predicted molar refractivity (Wildman–Crippen MR) is 168 cm³/mol. The Bertz CT molecular complexity index is 1490. The monoisotopic (exact) mass is 562 g/mol. The summed E-state index contributed by atoms with van der Waals surface area (Å²) in [6.45, 7) is 8.44. The Morgan fingerprint density at radius 3 is 1.33 bits per heavy atom. The number of benzene rings is 2. The zero-order chi connectivity index (χ0) is 29.7. The molecular formula is C34H38N6O2. The maximum Gasteiger partial charge on any atom is 0.157 e. The highest BCUT2D eigenvalue weighted by atomic mass is 16.1. The minimum Gasteiger partial charge on any atom is -0.342 e. The van der Waals surface area contributed by atoms with Crippen molar-refractivity contribution in [2.24, 2.45) is 10.8 Å². The van der Waals surface area contributed by atoms with Gasteiger partial charge in [-0.3, -0.25) is 19.8 Å². The van der Waals surface area contributed by atoms with Crippen molar-refractivity contribution in [1.82, 2.24) is 20.4 Å². The molecule has 2 heterocycles. The minimum atomic E-state index is 0.00668. The van der Waals surface area contributed by atoms with E-state index in [2.05, 4.69) is 58.7 Å². The largest absolute Gasteiger partial charge is 0.342 e. The van der Waals surface area contributed by atoms with E-state index in [0.717, 1.165) is 58.4 Å². The van der Waals surface area contributed by atoms with Gasteiger partial charge in [-0.25, -0.2) is 0 Å². The van der Waals surface area contributed by atoms with Gasteiger partial charge < -0.3 is 10.6 Å². The van der Waals surface area contributed by atoms with E-state index in [-0.39, 0.29) is 22.4 Å². The Balaban J connectivity index is 0.000000168. The number of nitrogens with one attached hydrogen (secondary N) is 4. The SMILES string of the molecule is CC1(C)CC(=O)C=C(Nc2cc(-c3ccccc3)[nH]n2)C1.CC1(C)CC(=O)C=C(Nc2cc(-c3ccccc3)[nH]n2)C1. The highest BCUT2D eigenvalue weighted by Crippen LogP contribution is 2.35. The van der Waals surface area contributed by atoms with Crippen molar-refractivity contribution in [1.29, 1.82) is 0 Å². The first-order valence-electron chi connectivity index (χ1n) is 14.3. The van der Waals surface area contributed by atoms with Crippen molar-refractivity contribution in [2.45, 2.75) is 53.4 Å². The van der Waals surface area contributed by atoms with Gasteiger partial charge in [0.1, 0.15) is 0 Å². The van der Waals surface area contributed by atoms with Crippen LogP contribution in [0.4, 0.5) is 11.6 Å². The number of carbonyl (C=O) groups is 2. The molecule has 4 aromatic rings. The number of ketones is 2. The van der Waals surface area contributed by atoms with Crippen molar-refractivity contribution in [3.8, 4) is 22.5 Å². The third-order valence-electron chi connectivity index (χ3n) is 7.22. The molecule has 6 rings (SSSR count). The molecule has 8 nitrogen and oxygen atoms in total. The van der Waals surface area contributed by atoms with Gasteiger partial charge in [0.25, 0.3) is 0 Å². The molecule has 0 unspecified atom stereocenters. The first-order chi connectivity index (χ1) is 20.0. The number of rotatable bonds is 6. The topological polar surface area (TPSA) is 116 Å². The molecule has 0 bridgehead atoms. The molecule has 0 saturated heterocycles. The van der Waals surface area contributed by atoms with Crippen LogP contribution in [0.5, 0.6) is 0 Å². The van der Waals surface area contributed by atoms with Crippen LogP contribution in [-0.4, -0.2) is 32.0 Å². The van der Waals surface area contributed by atoms with Crippen LogP contribution in [0.25, 0.3) is 22.5 Å². The van der Waals surface area contributed by atoms with Crippen LogP contribution in [0.1, 0.15) is 53.4 Å². The molecule has 2 aromatic carbocycles. The molecule has 0 fully saturated rings. The fraction of sp³-hybridized carbons (Fsp3) is 0.294. The second-order valence-electron chi connectivity index (χ2n) is 12.6. The Morgan fingerprint density at radius 2 is 0.976 bits per heavy atom. The van der Waals surface area contributed by atoms with E-state index >= 15 is 0 Å². The Morgan fingerprint density at radius 1 is 0.595 bits per heavy atom. The van der Waals surface area contributed by atoms with E-state index in [4.69, 9.17) is 0 Å². The smallest absolute Gasteiger partial charge is 0.157 e. The third-order valence-corrected chi connectivity index (χ3v) is 7.22. The molecule has 0 aliphatic heterocycles. The molecule has 216 valence electrons. The van der Waals surface area contributed by atoms with Crippen LogP contribution in [0.15, 0.2) is 96.3 Å². The molecule has 2 aliphatic rings. The maximum atomic E-state index is 11.8. The molecule has 8 heteroatoms. The summed E-state index contributed by atoms with van der Waals surface area (Å²) in [5, 5.41) is 21.1. The van der Waals surface area contributed by atoms with Gasteiger partial charge in [0, 0.05) is 48.5 Å². The van der Waals surface area contributed by atoms with Crippen molar-refractivity contribution in [2.75, 3.05) is 10.6 Å². The van der Waals surface area contributed by atoms with Crippen LogP contribution >= 0.6 is 0 Å². The summed E-state index contributed by atoms with van der Waals surface area (Å²) in [5.41, 5.74) is 5.98. The minimum absolute atomic E-state index is 0.00668. The molecule has 0 spiro atoms. The second kappa shape index (κ2) is 12.0. The summed E-state index contributed by atoms with van der Waals surface area (Å²) < 4.78 is 0. The lowest BCUT2D eigenvalue weighted by Crippen LogP contribution is -2.24. The van der Waals surface area contributed by atoms with Gasteiger partial charge in [-0.05, 0) is 34.8 Å². The highest BCUT2D eigenvalue weighted by Gasteiger charge is 2.28. The van der Waals surface area contributed by atoms with Crippen LogP contribution in [0, 0.1) is 10.8 Å². The normalized spacial score (nSPS) is 17.4. The van der Waals surface area contributed by atoms with E-state index in [1.165, 1.54) is 0 Å². The van der Waals surface area contributed by atoms with Crippen molar-refractivity contribution in [3.63, 3.8) is 0 Å². The zero-order valence-corrected chi connectivity index (χ0v) is 24.6. The van der Waals surface area contributed by atoms with E-state index in [1.54, 1.807) is 12.2 Å². The molecular weight excluding hydrogens is 524 g/mol. The molecule has 4 N–H and O–H groups in total. The lowest BCUT2D eigenvalue weighted by atomic mass is 9.79. The number of carbonyl (C=O) groups excluding carboxylic acids is 2. The summed E-state index contributed by atoms with van der Waals surface area (Å²) in [6, 6.07) is 24.0. The van der Waals surface area contributed by atoms with Crippen molar-refractivity contribution >= 4 is 23.2 Å². The fourth-order valence-corrected chi connectivity index (χ4v) is 5.48. The van der Waals surface area contributed by atoms with Gasteiger partial charge in [0.05, 0.1) is 11.4 Å². The van der Waals surface area contributed by atoms with E-state index in [9.17, 15) is 9.59 Å². The standard InChI is InChI=1S/2C17H19N3O/c2*1-17(2)10-13(8-14(21)11-17)18-16-9-15(19-20-16)12-6-4-3-5-7-12/h2*3-9H,10-11H2,1-2H3,(H2,18,19,20). The zero-order valence-electron chi connectivity index (χ0n) is 24.6. The quantitative estimate of drug-likeness (QED) is 0.193. The molecule has 0 saturated carbocycles.